The number of hydrogen-bond donors (Lipinski definition) is 2. The van der Waals surface area contributed by atoms with Gasteiger partial charge in [-0.05, 0) is 55.3 Å². The fraction of sp³-hybridized carbons (Fsp3) is 0.133. The molecule has 19 heavy (non-hydrogen) atoms. The molecule has 98 valence electrons. The summed E-state index contributed by atoms with van der Waals surface area (Å²) in [5.41, 5.74) is 9.65. The third-order valence-corrected chi connectivity index (χ3v) is 3.55. The second-order valence-electron chi connectivity index (χ2n) is 4.43. The molecule has 2 rings (SSSR count). The number of carbonyl (C=O) groups excluding carboxylic acids is 1. The molecule has 0 bridgehead atoms. The van der Waals surface area contributed by atoms with Gasteiger partial charge in [0.05, 0.1) is 0 Å². The van der Waals surface area contributed by atoms with Crippen LogP contribution >= 0.6 is 15.9 Å². The minimum atomic E-state index is -0.143. The smallest absolute Gasteiger partial charge is 0.256 e. The van der Waals surface area contributed by atoms with Gasteiger partial charge in [0.25, 0.3) is 5.91 Å². The van der Waals surface area contributed by atoms with Crippen molar-refractivity contribution in [1.82, 2.24) is 0 Å². The Labute approximate surface area is 121 Å². The Morgan fingerprint density at radius 3 is 2.63 bits per heavy atom. The highest BCUT2D eigenvalue weighted by Gasteiger charge is 2.11. The zero-order chi connectivity index (χ0) is 14.0. The first-order valence-corrected chi connectivity index (χ1v) is 6.71. The van der Waals surface area contributed by atoms with Gasteiger partial charge in [-0.2, -0.15) is 0 Å². The standard InChI is InChI=1S/C15H15BrN2O/c1-9-8-11(16)6-7-14(9)18-15(19)12-4-3-5-13(17)10(12)2/h3-8H,17H2,1-2H3,(H,18,19). The van der Waals surface area contributed by atoms with Crippen LogP contribution in [0.1, 0.15) is 21.5 Å². The summed E-state index contributed by atoms with van der Waals surface area (Å²) in [4.78, 5) is 12.2. The fourth-order valence-corrected chi connectivity index (χ4v) is 2.33. The van der Waals surface area contributed by atoms with E-state index in [-0.39, 0.29) is 5.91 Å². The number of nitrogens with two attached hydrogens (primary N) is 1. The lowest BCUT2D eigenvalue weighted by molar-refractivity contribution is 0.102. The molecule has 4 heteroatoms. The molecule has 0 aliphatic rings. The number of anilines is 2. The van der Waals surface area contributed by atoms with E-state index in [0.29, 0.717) is 11.3 Å². The first-order chi connectivity index (χ1) is 8.99. The van der Waals surface area contributed by atoms with E-state index in [0.717, 1.165) is 21.3 Å². The van der Waals surface area contributed by atoms with E-state index < -0.39 is 0 Å². The molecule has 0 atom stereocenters. The first kappa shape index (κ1) is 13.6. The van der Waals surface area contributed by atoms with E-state index in [1.165, 1.54) is 0 Å². The SMILES string of the molecule is Cc1cc(Br)ccc1NC(=O)c1cccc(N)c1C. The van der Waals surface area contributed by atoms with Crippen molar-refractivity contribution in [2.45, 2.75) is 13.8 Å². The van der Waals surface area contributed by atoms with Crippen molar-refractivity contribution in [2.75, 3.05) is 11.1 Å². The highest BCUT2D eigenvalue weighted by atomic mass is 79.9. The third-order valence-electron chi connectivity index (χ3n) is 3.06. The number of aryl methyl sites for hydroxylation is 1. The molecular weight excluding hydrogens is 304 g/mol. The van der Waals surface area contributed by atoms with Crippen LogP contribution in [-0.4, -0.2) is 5.91 Å². The molecule has 0 aliphatic heterocycles. The van der Waals surface area contributed by atoms with Crippen LogP contribution in [0.5, 0.6) is 0 Å². The van der Waals surface area contributed by atoms with Crippen molar-refractivity contribution in [3.63, 3.8) is 0 Å². The van der Waals surface area contributed by atoms with Crippen molar-refractivity contribution in [2.24, 2.45) is 0 Å². The first-order valence-electron chi connectivity index (χ1n) is 5.91. The van der Waals surface area contributed by atoms with Gasteiger partial charge >= 0.3 is 0 Å². The van der Waals surface area contributed by atoms with E-state index in [4.69, 9.17) is 5.73 Å². The lowest BCUT2D eigenvalue weighted by Gasteiger charge is -2.11. The highest BCUT2D eigenvalue weighted by molar-refractivity contribution is 9.10. The monoisotopic (exact) mass is 318 g/mol. The van der Waals surface area contributed by atoms with Crippen molar-refractivity contribution in [1.29, 1.82) is 0 Å². The maximum absolute atomic E-state index is 12.2. The lowest BCUT2D eigenvalue weighted by Crippen LogP contribution is -2.14. The van der Waals surface area contributed by atoms with Gasteiger partial charge < -0.3 is 11.1 Å². The Bertz CT molecular complexity index is 638. The number of halogens is 1. The molecule has 3 N–H and O–H groups in total. The minimum absolute atomic E-state index is 0.143. The van der Waals surface area contributed by atoms with Gasteiger partial charge in [-0.25, -0.2) is 0 Å². The van der Waals surface area contributed by atoms with Gasteiger partial charge in [0.1, 0.15) is 0 Å². The van der Waals surface area contributed by atoms with Crippen molar-refractivity contribution >= 4 is 33.2 Å². The van der Waals surface area contributed by atoms with Crippen LogP contribution in [-0.2, 0) is 0 Å². The van der Waals surface area contributed by atoms with Crippen LogP contribution in [0.15, 0.2) is 40.9 Å². The number of nitrogens with one attached hydrogen (secondary N) is 1. The van der Waals surface area contributed by atoms with Gasteiger partial charge in [-0.15, -0.1) is 0 Å². The third kappa shape index (κ3) is 2.96. The summed E-state index contributed by atoms with van der Waals surface area (Å²) < 4.78 is 0.989. The van der Waals surface area contributed by atoms with Gasteiger partial charge in [-0.3, -0.25) is 4.79 Å². The minimum Gasteiger partial charge on any atom is -0.398 e. The average Bonchev–Trinajstić information content (AvgIpc) is 2.36. The molecule has 0 saturated carbocycles. The second-order valence-corrected chi connectivity index (χ2v) is 5.35. The summed E-state index contributed by atoms with van der Waals surface area (Å²) in [6.07, 6.45) is 0. The predicted octanol–water partition coefficient (Wildman–Crippen LogP) is 3.90. The number of benzene rings is 2. The number of carbonyl (C=O) groups is 1. The Balaban J connectivity index is 2.28. The van der Waals surface area contributed by atoms with Crippen molar-refractivity contribution in [3.05, 3.63) is 57.6 Å². The molecule has 2 aromatic rings. The van der Waals surface area contributed by atoms with Crippen molar-refractivity contribution in [3.8, 4) is 0 Å². The molecule has 0 aromatic heterocycles. The van der Waals surface area contributed by atoms with Gasteiger partial charge in [0.15, 0.2) is 0 Å². The van der Waals surface area contributed by atoms with Gasteiger partial charge in [0, 0.05) is 21.4 Å². The second kappa shape index (κ2) is 5.45. The van der Waals surface area contributed by atoms with E-state index in [1.807, 2.05) is 32.0 Å². The summed E-state index contributed by atoms with van der Waals surface area (Å²) >= 11 is 3.40. The maximum atomic E-state index is 12.2. The summed E-state index contributed by atoms with van der Waals surface area (Å²) in [5, 5.41) is 2.91. The Morgan fingerprint density at radius 2 is 1.95 bits per heavy atom. The Morgan fingerprint density at radius 1 is 1.21 bits per heavy atom. The number of hydrogen-bond acceptors (Lipinski definition) is 2. The number of amides is 1. The normalized spacial score (nSPS) is 10.3. The van der Waals surface area contributed by atoms with Crippen LogP contribution in [0, 0.1) is 13.8 Å². The lowest BCUT2D eigenvalue weighted by atomic mass is 10.1. The fourth-order valence-electron chi connectivity index (χ4n) is 1.86. The molecular formula is C15H15BrN2O. The molecule has 3 nitrogen and oxygen atoms in total. The molecule has 0 fully saturated rings. The highest BCUT2D eigenvalue weighted by Crippen LogP contribution is 2.22. The molecule has 0 radical (unpaired) electrons. The Kier molecular flexibility index (Phi) is 3.90. The molecule has 0 spiro atoms. The van der Waals surface area contributed by atoms with Crippen LogP contribution in [0.2, 0.25) is 0 Å². The summed E-state index contributed by atoms with van der Waals surface area (Å²) in [6, 6.07) is 11.1. The van der Waals surface area contributed by atoms with E-state index in [1.54, 1.807) is 18.2 Å². The molecule has 0 unspecified atom stereocenters. The zero-order valence-corrected chi connectivity index (χ0v) is 12.4. The quantitative estimate of drug-likeness (QED) is 0.825. The summed E-state index contributed by atoms with van der Waals surface area (Å²) in [5.74, 6) is -0.143. The molecule has 2 aromatic carbocycles. The topological polar surface area (TPSA) is 55.1 Å². The van der Waals surface area contributed by atoms with Gasteiger partial charge in [0.2, 0.25) is 0 Å². The Hall–Kier alpha value is -1.81. The molecule has 0 saturated heterocycles. The molecule has 0 aliphatic carbocycles. The predicted molar refractivity (Wildman–Crippen MR) is 82.4 cm³/mol. The van der Waals surface area contributed by atoms with Crippen LogP contribution in [0.3, 0.4) is 0 Å². The number of rotatable bonds is 2. The summed E-state index contributed by atoms with van der Waals surface area (Å²) in [6.45, 7) is 3.80. The zero-order valence-electron chi connectivity index (χ0n) is 10.8. The van der Waals surface area contributed by atoms with E-state index in [2.05, 4.69) is 21.2 Å². The number of nitrogen functional groups attached to an aromatic ring is 1. The van der Waals surface area contributed by atoms with Crippen molar-refractivity contribution < 1.29 is 4.79 Å². The van der Waals surface area contributed by atoms with E-state index >= 15 is 0 Å². The molecule has 0 heterocycles. The summed E-state index contributed by atoms with van der Waals surface area (Å²) in [7, 11) is 0. The van der Waals surface area contributed by atoms with E-state index in [9.17, 15) is 4.79 Å². The van der Waals surface area contributed by atoms with Gasteiger partial charge in [-0.1, -0.05) is 22.0 Å². The van der Waals surface area contributed by atoms with Crippen LogP contribution in [0.25, 0.3) is 0 Å². The maximum Gasteiger partial charge on any atom is 0.256 e. The largest absolute Gasteiger partial charge is 0.398 e. The van der Waals surface area contributed by atoms with Crippen LogP contribution < -0.4 is 11.1 Å². The average molecular weight is 319 g/mol. The molecule has 1 amide bonds. The van der Waals surface area contributed by atoms with Crippen LogP contribution in [0.4, 0.5) is 11.4 Å².